The number of anilines is 1. The smallest absolute Gasteiger partial charge is 0.225 e. The minimum atomic E-state index is 0.123. The summed E-state index contributed by atoms with van der Waals surface area (Å²) in [5, 5.41) is 10.6. The highest BCUT2D eigenvalue weighted by Crippen LogP contribution is 2.33. The van der Waals surface area contributed by atoms with E-state index in [1.54, 1.807) is 6.20 Å². The molecule has 2 fully saturated rings. The van der Waals surface area contributed by atoms with E-state index in [0.29, 0.717) is 11.5 Å². The van der Waals surface area contributed by atoms with E-state index in [4.69, 9.17) is 0 Å². The number of aromatic nitrogens is 1. The molecule has 0 bridgehead atoms. The van der Waals surface area contributed by atoms with Gasteiger partial charge in [0.15, 0.2) is 0 Å². The molecule has 1 amide bonds. The monoisotopic (exact) mass is 362 g/mol. The fourth-order valence-electron chi connectivity index (χ4n) is 4.45. The molecule has 2 aliphatic rings. The maximum absolute atomic E-state index is 12.9. The highest BCUT2D eigenvalue weighted by molar-refractivity contribution is 5.94. The van der Waals surface area contributed by atoms with Crippen LogP contribution in [0.4, 0.5) is 5.69 Å². The number of amides is 1. The van der Waals surface area contributed by atoms with E-state index < -0.39 is 0 Å². The van der Waals surface area contributed by atoms with Crippen molar-refractivity contribution in [2.45, 2.75) is 38.5 Å². The predicted octanol–water partition coefficient (Wildman–Crippen LogP) is 3.73. The van der Waals surface area contributed by atoms with Gasteiger partial charge < -0.3 is 9.80 Å². The number of carbonyl (C=O) groups is 1. The fraction of sp³-hybridized carbons (Fsp3) is 0.500. The van der Waals surface area contributed by atoms with Gasteiger partial charge in [-0.3, -0.25) is 9.78 Å². The number of para-hydroxylation sites is 1. The number of fused-ring (bicyclic) bond motifs is 1. The predicted molar refractivity (Wildman–Crippen MR) is 106 cm³/mol. The number of likely N-dealkylation sites (tertiary alicyclic amines) is 1. The van der Waals surface area contributed by atoms with Crippen LogP contribution in [0.2, 0.25) is 0 Å². The van der Waals surface area contributed by atoms with Crippen LogP contribution in [0.15, 0.2) is 30.5 Å². The Balaban J connectivity index is 1.50. The molecule has 0 atom stereocenters. The van der Waals surface area contributed by atoms with Crippen molar-refractivity contribution in [3.8, 4) is 6.07 Å². The van der Waals surface area contributed by atoms with Gasteiger partial charge in [0.1, 0.15) is 6.07 Å². The fourth-order valence-corrected chi connectivity index (χ4v) is 4.45. The van der Waals surface area contributed by atoms with Gasteiger partial charge in [-0.05, 0) is 31.7 Å². The molecule has 27 heavy (non-hydrogen) atoms. The molecule has 3 heterocycles. The van der Waals surface area contributed by atoms with Gasteiger partial charge in [0, 0.05) is 43.7 Å². The van der Waals surface area contributed by atoms with E-state index in [9.17, 15) is 10.1 Å². The Bertz CT molecular complexity index is 856. The molecule has 2 aromatic rings. The first-order valence-electron chi connectivity index (χ1n) is 10.1. The third kappa shape index (κ3) is 3.62. The minimum Gasteiger partial charge on any atom is -0.370 e. The summed E-state index contributed by atoms with van der Waals surface area (Å²) < 4.78 is 0. The molecule has 0 radical (unpaired) electrons. The Labute approximate surface area is 160 Å². The van der Waals surface area contributed by atoms with E-state index in [1.165, 1.54) is 12.8 Å². The van der Waals surface area contributed by atoms with Crippen LogP contribution >= 0.6 is 0 Å². The van der Waals surface area contributed by atoms with Gasteiger partial charge in [0.25, 0.3) is 0 Å². The highest BCUT2D eigenvalue weighted by atomic mass is 16.2. The van der Waals surface area contributed by atoms with Crippen LogP contribution in [0.3, 0.4) is 0 Å². The first-order chi connectivity index (χ1) is 13.3. The molecule has 5 heteroatoms. The van der Waals surface area contributed by atoms with Gasteiger partial charge in [-0.25, -0.2) is 0 Å². The molecule has 0 N–H and O–H groups in total. The van der Waals surface area contributed by atoms with E-state index in [-0.39, 0.29) is 5.92 Å². The number of nitrogens with zero attached hydrogens (tertiary/aromatic N) is 4. The summed E-state index contributed by atoms with van der Waals surface area (Å²) in [6, 6.07) is 10.3. The molecule has 1 aromatic carbocycles. The second-order valence-electron chi connectivity index (χ2n) is 7.65. The molecule has 4 rings (SSSR count). The summed E-state index contributed by atoms with van der Waals surface area (Å²) in [5.41, 5.74) is 2.50. The third-order valence-corrected chi connectivity index (χ3v) is 5.95. The summed E-state index contributed by atoms with van der Waals surface area (Å²) in [7, 11) is 0. The molecule has 0 spiro atoms. The molecular weight excluding hydrogens is 336 g/mol. The summed E-state index contributed by atoms with van der Waals surface area (Å²) in [5.74, 6) is 0.467. The standard InChI is InChI=1S/C22H26N4O/c23-15-18-16-24-20-8-4-3-7-19(20)21(18)25-13-9-17(10-14-25)22(27)26-11-5-1-2-6-12-26/h3-4,7-8,16-17H,1-2,5-6,9-14H2. The zero-order chi connectivity index (χ0) is 18.6. The summed E-state index contributed by atoms with van der Waals surface area (Å²) in [6.07, 6.45) is 8.15. The largest absolute Gasteiger partial charge is 0.370 e. The van der Waals surface area contributed by atoms with E-state index in [2.05, 4.69) is 20.9 Å². The van der Waals surface area contributed by atoms with E-state index >= 15 is 0 Å². The van der Waals surface area contributed by atoms with Gasteiger partial charge in [-0.2, -0.15) is 5.26 Å². The number of carbonyl (C=O) groups excluding carboxylic acids is 1. The van der Waals surface area contributed by atoms with Crippen molar-refractivity contribution in [1.29, 1.82) is 5.26 Å². The summed E-state index contributed by atoms with van der Waals surface area (Å²) in [6.45, 7) is 3.47. The van der Waals surface area contributed by atoms with Crippen LogP contribution in [0.25, 0.3) is 10.9 Å². The first-order valence-corrected chi connectivity index (χ1v) is 10.1. The number of benzene rings is 1. The molecular formula is C22H26N4O. The Morgan fingerprint density at radius 3 is 2.44 bits per heavy atom. The maximum atomic E-state index is 12.9. The molecule has 0 aliphatic carbocycles. The molecule has 0 unspecified atom stereocenters. The molecule has 140 valence electrons. The third-order valence-electron chi connectivity index (χ3n) is 5.95. The lowest BCUT2D eigenvalue weighted by Crippen LogP contribution is -2.43. The van der Waals surface area contributed by atoms with E-state index in [0.717, 1.165) is 68.5 Å². The number of hydrogen-bond acceptors (Lipinski definition) is 4. The first kappa shape index (κ1) is 17.8. The number of hydrogen-bond donors (Lipinski definition) is 0. The van der Waals surface area contributed by atoms with Crippen LogP contribution in [-0.4, -0.2) is 42.0 Å². The van der Waals surface area contributed by atoms with Gasteiger partial charge in [-0.1, -0.05) is 31.0 Å². The van der Waals surface area contributed by atoms with Crippen LogP contribution in [0.5, 0.6) is 0 Å². The lowest BCUT2D eigenvalue weighted by molar-refractivity contribution is -0.136. The summed E-state index contributed by atoms with van der Waals surface area (Å²) in [4.78, 5) is 21.7. The SMILES string of the molecule is N#Cc1cnc2ccccc2c1N1CCC(C(=O)N2CCCCCC2)CC1. The lowest BCUT2D eigenvalue weighted by Gasteiger charge is -2.36. The number of nitriles is 1. The van der Waals surface area contributed by atoms with E-state index in [1.807, 2.05) is 24.3 Å². The minimum absolute atomic E-state index is 0.123. The second kappa shape index (κ2) is 7.96. The quantitative estimate of drug-likeness (QED) is 0.817. The molecule has 1 aromatic heterocycles. The molecule has 5 nitrogen and oxygen atoms in total. The summed E-state index contributed by atoms with van der Waals surface area (Å²) >= 11 is 0. The number of piperidine rings is 1. The molecule has 0 saturated carbocycles. The van der Waals surface area contributed by atoms with Crippen LogP contribution < -0.4 is 4.90 Å². The normalized spacial score (nSPS) is 18.9. The topological polar surface area (TPSA) is 60.2 Å². The average molecular weight is 362 g/mol. The van der Waals surface area contributed by atoms with Gasteiger partial charge >= 0.3 is 0 Å². The van der Waals surface area contributed by atoms with Crippen molar-refractivity contribution < 1.29 is 4.79 Å². The highest BCUT2D eigenvalue weighted by Gasteiger charge is 2.30. The van der Waals surface area contributed by atoms with Crippen LogP contribution in [0.1, 0.15) is 44.1 Å². The lowest BCUT2D eigenvalue weighted by atomic mass is 9.94. The molecule has 2 saturated heterocycles. The molecule has 2 aliphatic heterocycles. The number of pyridine rings is 1. The second-order valence-corrected chi connectivity index (χ2v) is 7.65. The Morgan fingerprint density at radius 2 is 1.74 bits per heavy atom. The van der Waals surface area contributed by atoms with Gasteiger partial charge in [0.2, 0.25) is 5.91 Å². The zero-order valence-corrected chi connectivity index (χ0v) is 15.7. The number of rotatable bonds is 2. The van der Waals surface area contributed by atoms with Crippen molar-refractivity contribution >= 4 is 22.5 Å². The zero-order valence-electron chi connectivity index (χ0n) is 15.7. The Kier molecular flexibility index (Phi) is 5.24. The Hall–Kier alpha value is -2.61. The van der Waals surface area contributed by atoms with Crippen molar-refractivity contribution in [2.24, 2.45) is 5.92 Å². The Morgan fingerprint density at radius 1 is 1.04 bits per heavy atom. The van der Waals surface area contributed by atoms with Crippen molar-refractivity contribution in [1.82, 2.24) is 9.88 Å². The van der Waals surface area contributed by atoms with Gasteiger partial charge in [0.05, 0.1) is 16.8 Å². The van der Waals surface area contributed by atoms with Crippen molar-refractivity contribution in [3.05, 3.63) is 36.0 Å². The maximum Gasteiger partial charge on any atom is 0.225 e. The average Bonchev–Trinajstić information content (AvgIpc) is 3.02. The van der Waals surface area contributed by atoms with Gasteiger partial charge in [-0.15, -0.1) is 0 Å². The van der Waals surface area contributed by atoms with Crippen molar-refractivity contribution in [2.75, 3.05) is 31.1 Å². The van der Waals surface area contributed by atoms with Crippen molar-refractivity contribution in [3.63, 3.8) is 0 Å². The van der Waals surface area contributed by atoms with Crippen LogP contribution in [0, 0.1) is 17.2 Å². The van der Waals surface area contributed by atoms with Crippen LogP contribution in [-0.2, 0) is 4.79 Å².